The molecule has 0 radical (unpaired) electrons. The van der Waals surface area contributed by atoms with E-state index >= 15 is 0 Å². The zero-order valence-corrected chi connectivity index (χ0v) is 13.0. The summed E-state index contributed by atoms with van der Waals surface area (Å²) in [5.41, 5.74) is 0.994. The molecule has 2 bridgehead atoms. The molecule has 2 fully saturated rings. The van der Waals surface area contributed by atoms with E-state index in [-0.39, 0.29) is 6.04 Å². The molecule has 2 heteroatoms. The molecule has 2 aliphatic carbocycles. The lowest BCUT2D eigenvalue weighted by Crippen LogP contribution is -2.37. The second-order valence-corrected chi connectivity index (χ2v) is 7.20. The van der Waals surface area contributed by atoms with Crippen LogP contribution in [0.2, 0.25) is 0 Å². The van der Waals surface area contributed by atoms with Crippen molar-refractivity contribution < 1.29 is 4.42 Å². The Bertz CT molecular complexity index is 598. The Balaban J connectivity index is 1.46. The molecule has 2 nitrogen and oxygen atoms in total. The molecule has 0 spiro atoms. The summed E-state index contributed by atoms with van der Waals surface area (Å²) in [6, 6.07) is 11.3. The summed E-state index contributed by atoms with van der Waals surface area (Å²) in [4.78, 5) is 0. The van der Waals surface area contributed by atoms with Crippen molar-refractivity contribution in [2.24, 2.45) is 17.8 Å². The molecule has 0 saturated heterocycles. The van der Waals surface area contributed by atoms with Crippen molar-refractivity contribution in [2.75, 3.05) is 0 Å². The molecular formula is C19H25NO. The third-order valence-electron chi connectivity index (χ3n) is 5.82. The lowest BCUT2D eigenvalue weighted by molar-refractivity contribution is 0.242. The zero-order valence-electron chi connectivity index (χ0n) is 13.0. The molecule has 21 heavy (non-hydrogen) atoms. The highest BCUT2D eigenvalue weighted by Crippen LogP contribution is 2.49. The monoisotopic (exact) mass is 283 g/mol. The molecule has 112 valence electrons. The largest absolute Gasteiger partial charge is 0.459 e. The van der Waals surface area contributed by atoms with Crippen LogP contribution in [0, 0.1) is 17.8 Å². The predicted octanol–water partition coefficient (Wildman–Crippen LogP) is 4.91. The summed E-state index contributed by atoms with van der Waals surface area (Å²) < 4.78 is 5.99. The lowest BCUT2D eigenvalue weighted by Gasteiger charge is -2.30. The minimum absolute atomic E-state index is 0.284. The molecule has 2 aromatic rings. The van der Waals surface area contributed by atoms with Gasteiger partial charge in [0.05, 0.1) is 6.04 Å². The van der Waals surface area contributed by atoms with E-state index in [0.29, 0.717) is 6.04 Å². The summed E-state index contributed by atoms with van der Waals surface area (Å²) in [5, 5.41) is 4.99. The molecule has 5 unspecified atom stereocenters. The van der Waals surface area contributed by atoms with Crippen LogP contribution in [0.4, 0.5) is 0 Å². The van der Waals surface area contributed by atoms with Crippen molar-refractivity contribution in [3.8, 4) is 0 Å². The standard InChI is InChI=1S/C19H25NO/c1-12(17-10-14-7-8-15(17)9-14)20-13(2)19-11-16-5-3-4-6-18(16)21-19/h3-6,11-15,17,20H,7-10H2,1-2H3. The fourth-order valence-electron chi connectivity index (χ4n) is 4.72. The average Bonchev–Trinajstić information content (AvgIpc) is 3.21. The van der Waals surface area contributed by atoms with Gasteiger partial charge >= 0.3 is 0 Å². The van der Waals surface area contributed by atoms with Gasteiger partial charge < -0.3 is 9.73 Å². The van der Waals surface area contributed by atoms with E-state index in [9.17, 15) is 0 Å². The Morgan fingerprint density at radius 1 is 1.14 bits per heavy atom. The molecule has 1 N–H and O–H groups in total. The van der Waals surface area contributed by atoms with Gasteiger partial charge in [-0.05, 0) is 63.0 Å². The number of fused-ring (bicyclic) bond motifs is 3. The van der Waals surface area contributed by atoms with E-state index in [2.05, 4.69) is 37.4 Å². The second-order valence-electron chi connectivity index (χ2n) is 7.20. The number of para-hydroxylation sites is 1. The molecule has 2 saturated carbocycles. The minimum Gasteiger partial charge on any atom is -0.459 e. The van der Waals surface area contributed by atoms with Gasteiger partial charge in [0.15, 0.2) is 0 Å². The number of nitrogens with one attached hydrogen (secondary N) is 1. The van der Waals surface area contributed by atoms with Gasteiger partial charge in [-0.25, -0.2) is 0 Å². The molecule has 0 aliphatic heterocycles. The molecule has 0 amide bonds. The van der Waals surface area contributed by atoms with Gasteiger partial charge in [-0.3, -0.25) is 0 Å². The summed E-state index contributed by atoms with van der Waals surface area (Å²) >= 11 is 0. The highest BCUT2D eigenvalue weighted by atomic mass is 16.3. The summed E-state index contributed by atoms with van der Waals surface area (Å²) in [7, 11) is 0. The molecular weight excluding hydrogens is 258 g/mol. The highest BCUT2D eigenvalue weighted by molar-refractivity contribution is 5.77. The van der Waals surface area contributed by atoms with Crippen LogP contribution in [0.1, 0.15) is 51.3 Å². The van der Waals surface area contributed by atoms with Crippen molar-refractivity contribution in [3.63, 3.8) is 0 Å². The quantitative estimate of drug-likeness (QED) is 0.862. The molecule has 4 rings (SSSR count). The van der Waals surface area contributed by atoms with E-state index in [4.69, 9.17) is 4.42 Å². The maximum atomic E-state index is 5.99. The van der Waals surface area contributed by atoms with E-state index in [1.165, 1.54) is 31.1 Å². The lowest BCUT2D eigenvalue weighted by atomic mass is 9.83. The van der Waals surface area contributed by atoms with E-state index in [1.807, 2.05) is 12.1 Å². The number of rotatable bonds is 4. The van der Waals surface area contributed by atoms with Gasteiger partial charge in [0.2, 0.25) is 0 Å². The topological polar surface area (TPSA) is 25.2 Å². The molecule has 1 aromatic carbocycles. The van der Waals surface area contributed by atoms with Crippen molar-refractivity contribution in [2.45, 2.75) is 51.6 Å². The maximum absolute atomic E-state index is 5.99. The van der Waals surface area contributed by atoms with Gasteiger partial charge in [0.1, 0.15) is 11.3 Å². The summed E-state index contributed by atoms with van der Waals surface area (Å²) in [6.07, 6.45) is 5.86. The minimum atomic E-state index is 0.284. The second kappa shape index (κ2) is 5.17. The smallest absolute Gasteiger partial charge is 0.134 e. The predicted molar refractivity (Wildman–Crippen MR) is 86.2 cm³/mol. The first-order valence-electron chi connectivity index (χ1n) is 8.45. The maximum Gasteiger partial charge on any atom is 0.134 e. The normalized spacial score (nSPS) is 30.9. The van der Waals surface area contributed by atoms with Crippen LogP contribution in [0.25, 0.3) is 11.0 Å². The van der Waals surface area contributed by atoms with E-state index < -0.39 is 0 Å². The number of hydrogen-bond acceptors (Lipinski definition) is 2. The Morgan fingerprint density at radius 2 is 2.00 bits per heavy atom. The van der Waals surface area contributed by atoms with Crippen LogP contribution >= 0.6 is 0 Å². The number of furan rings is 1. The van der Waals surface area contributed by atoms with Crippen LogP contribution < -0.4 is 5.32 Å². The third kappa shape index (κ3) is 2.40. The number of benzene rings is 1. The molecule has 2 aliphatic rings. The fraction of sp³-hybridized carbons (Fsp3) is 0.579. The molecule has 5 atom stereocenters. The first kappa shape index (κ1) is 13.4. The Hall–Kier alpha value is -1.28. The highest BCUT2D eigenvalue weighted by Gasteiger charge is 2.42. The van der Waals surface area contributed by atoms with Gasteiger partial charge in [-0.2, -0.15) is 0 Å². The van der Waals surface area contributed by atoms with Crippen molar-refractivity contribution in [3.05, 3.63) is 36.1 Å². The zero-order chi connectivity index (χ0) is 14.4. The van der Waals surface area contributed by atoms with Gasteiger partial charge in [-0.1, -0.05) is 24.6 Å². The summed E-state index contributed by atoms with van der Waals surface area (Å²) in [6.45, 7) is 4.59. The third-order valence-corrected chi connectivity index (χ3v) is 5.82. The fourth-order valence-corrected chi connectivity index (χ4v) is 4.72. The van der Waals surface area contributed by atoms with E-state index in [1.54, 1.807) is 0 Å². The van der Waals surface area contributed by atoms with Gasteiger partial charge in [0.25, 0.3) is 0 Å². The van der Waals surface area contributed by atoms with Crippen LogP contribution in [-0.4, -0.2) is 6.04 Å². The van der Waals surface area contributed by atoms with Crippen molar-refractivity contribution in [1.82, 2.24) is 5.32 Å². The van der Waals surface area contributed by atoms with Gasteiger partial charge in [0, 0.05) is 11.4 Å². The molecule has 1 aromatic heterocycles. The van der Waals surface area contributed by atoms with Crippen LogP contribution in [-0.2, 0) is 0 Å². The van der Waals surface area contributed by atoms with Crippen LogP contribution in [0.5, 0.6) is 0 Å². The molecule has 1 heterocycles. The number of hydrogen-bond donors (Lipinski definition) is 1. The van der Waals surface area contributed by atoms with Crippen LogP contribution in [0.15, 0.2) is 34.7 Å². The van der Waals surface area contributed by atoms with E-state index in [0.717, 1.165) is 29.1 Å². The first-order chi connectivity index (χ1) is 10.2. The van der Waals surface area contributed by atoms with Gasteiger partial charge in [-0.15, -0.1) is 0 Å². The Labute approximate surface area is 126 Å². The Morgan fingerprint density at radius 3 is 2.71 bits per heavy atom. The SMILES string of the molecule is CC(NC(C)C1CC2CCC1C2)c1cc2ccccc2o1. The summed E-state index contributed by atoms with van der Waals surface area (Å²) in [5.74, 6) is 3.92. The average molecular weight is 283 g/mol. The van der Waals surface area contributed by atoms with Crippen molar-refractivity contribution >= 4 is 11.0 Å². The Kier molecular flexibility index (Phi) is 3.30. The van der Waals surface area contributed by atoms with Crippen molar-refractivity contribution in [1.29, 1.82) is 0 Å². The first-order valence-corrected chi connectivity index (χ1v) is 8.45. The van der Waals surface area contributed by atoms with Crippen LogP contribution in [0.3, 0.4) is 0 Å².